The minimum atomic E-state index is 0.182. The average Bonchev–Trinajstić information content (AvgIpc) is 2.35. The van der Waals surface area contributed by atoms with Gasteiger partial charge in [0.2, 0.25) is 0 Å². The minimum Gasteiger partial charge on any atom is -0.396 e. The van der Waals surface area contributed by atoms with Crippen LogP contribution in [0.3, 0.4) is 0 Å². The van der Waals surface area contributed by atoms with Gasteiger partial charge in [-0.2, -0.15) is 11.8 Å². The molecule has 0 aliphatic rings. The highest BCUT2D eigenvalue weighted by Crippen LogP contribution is 2.33. The highest BCUT2D eigenvalue weighted by Gasteiger charge is 2.18. The van der Waals surface area contributed by atoms with E-state index in [0.717, 1.165) is 18.6 Å². The van der Waals surface area contributed by atoms with Crippen LogP contribution in [0, 0.1) is 6.92 Å². The van der Waals surface area contributed by atoms with Crippen LogP contribution in [0.2, 0.25) is 0 Å². The molecule has 0 saturated heterocycles. The number of aliphatic hydroxyl groups is 1. The molecule has 0 bridgehead atoms. The number of aryl methyl sites for hydroxylation is 1. The molecular formula is C14H23NOS. The Kier molecular flexibility index (Phi) is 6.63. The van der Waals surface area contributed by atoms with Crippen LogP contribution in [-0.2, 0) is 0 Å². The van der Waals surface area contributed by atoms with E-state index in [2.05, 4.69) is 38.1 Å². The third-order valence-electron chi connectivity index (χ3n) is 2.87. The summed E-state index contributed by atoms with van der Waals surface area (Å²) in [5.41, 5.74) is 8.76. The Morgan fingerprint density at radius 1 is 1.29 bits per heavy atom. The van der Waals surface area contributed by atoms with Crippen LogP contribution in [0.5, 0.6) is 0 Å². The summed E-state index contributed by atoms with van der Waals surface area (Å²) >= 11 is 1.85. The van der Waals surface area contributed by atoms with Gasteiger partial charge >= 0.3 is 0 Å². The monoisotopic (exact) mass is 253 g/mol. The second-order valence-corrected chi connectivity index (χ2v) is 5.60. The fourth-order valence-corrected chi connectivity index (χ4v) is 3.05. The predicted molar refractivity (Wildman–Crippen MR) is 76.3 cm³/mol. The molecule has 1 rings (SSSR count). The SMILES string of the molecule is CCC(N)C(SCCCO)c1ccc(C)cc1. The third-order valence-corrected chi connectivity index (χ3v) is 4.37. The Morgan fingerprint density at radius 3 is 2.47 bits per heavy atom. The molecule has 2 unspecified atom stereocenters. The first-order valence-electron chi connectivity index (χ1n) is 6.23. The first kappa shape index (κ1) is 14.6. The van der Waals surface area contributed by atoms with Gasteiger partial charge in [-0.15, -0.1) is 0 Å². The molecule has 1 aromatic rings. The van der Waals surface area contributed by atoms with E-state index in [1.165, 1.54) is 11.1 Å². The Balaban J connectivity index is 2.71. The van der Waals surface area contributed by atoms with Gasteiger partial charge in [-0.05, 0) is 31.1 Å². The zero-order chi connectivity index (χ0) is 12.7. The topological polar surface area (TPSA) is 46.2 Å². The maximum absolute atomic E-state index is 8.84. The second kappa shape index (κ2) is 7.75. The van der Waals surface area contributed by atoms with Gasteiger partial charge in [0, 0.05) is 17.9 Å². The molecule has 0 radical (unpaired) electrons. The third kappa shape index (κ3) is 4.70. The van der Waals surface area contributed by atoms with Crippen LogP contribution in [0.4, 0.5) is 0 Å². The van der Waals surface area contributed by atoms with E-state index < -0.39 is 0 Å². The van der Waals surface area contributed by atoms with Crippen molar-refractivity contribution in [1.82, 2.24) is 0 Å². The number of hydrogen-bond donors (Lipinski definition) is 2. The molecule has 3 heteroatoms. The van der Waals surface area contributed by atoms with Crippen LogP contribution in [0.25, 0.3) is 0 Å². The van der Waals surface area contributed by atoms with Crippen molar-refractivity contribution in [1.29, 1.82) is 0 Å². The summed E-state index contributed by atoms with van der Waals surface area (Å²) in [5.74, 6) is 0.961. The Morgan fingerprint density at radius 2 is 1.94 bits per heavy atom. The van der Waals surface area contributed by atoms with Crippen molar-refractivity contribution in [3.05, 3.63) is 35.4 Å². The van der Waals surface area contributed by atoms with Crippen LogP contribution in [0.1, 0.15) is 36.1 Å². The van der Waals surface area contributed by atoms with E-state index in [1.807, 2.05) is 11.8 Å². The number of thioether (sulfide) groups is 1. The van der Waals surface area contributed by atoms with Gasteiger partial charge in [0.05, 0.1) is 0 Å². The zero-order valence-corrected chi connectivity index (χ0v) is 11.5. The van der Waals surface area contributed by atoms with E-state index in [-0.39, 0.29) is 12.6 Å². The molecule has 0 aliphatic carbocycles. The number of aliphatic hydroxyl groups excluding tert-OH is 1. The molecule has 96 valence electrons. The fraction of sp³-hybridized carbons (Fsp3) is 0.571. The molecule has 0 fully saturated rings. The lowest BCUT2D eigenvalue weighted by Crippen LogP contribution is -2.26. The molecule has 0 spiro atoms. The largest absolute Gasteiger partial charge is 0.396 e. The van der Waals surface area contributed by atoms with E-state index in [1.54, 1.807) is 0 Å². The minimum absolute atomic E-state index is 0.182. The smallest absolute Gasteiger partial charge is 0.0448 e. The normalized spacial score (nSPS) is 14.6. The van der Waals surface area contributed by atoms with Gasteiger partial charge in [0.15, 0.2) is 0 Å². The molecule has 3 N–H and O–H groups in total. The standard InChI is InChI=1S/C14H23NOS/c1-3-13(15)14(17-10-4-9-16)12-7-5-11(2)6-8-12/h5-8,13-14,16H,3-4,9-10,15H2,1-2H3. The van der Waals surface area contributed by atoms with E-state index in [9.17, 15) is 0 Å². The fourth-order valence-electron chi connectivity index (χ4n) is 1.71. The van der Waals surface area contributed by atoms with Crippen LogP contribution in [0.15, 0.2) is 24.3 Å². The van der Waals surface area contributed by atoms with Crippen molar-refractivity contribution in [2.75, 3.05) is 12.4 Å². The summed E-state index contributed by atoms with van der Waals surface area (Å²) < 4.78 is 0. The number of hydrogen-bond acceptors (Lipinski definition) is 3. The molecular weight excluding hydrogens is 230 g/mol. The van der Waals surface area contributed by atoms with Gasteiger partial charge < -0.3 is 10.8 Å². The summed E-state index contributed by atoms with van der Waals surface area (Å²) in [4.78, 5) is 0. The van der Waals surface area contributed by atoms with Gasteiger partial charge in [-0.1, -0.05) is 36.8 Å². The number of benzene rings is 1. The molecule has 17 heavy (non-hydrogen) atoms. The van der Waals surface area contributed by atoms with E-state index in [4.69, 9.17) is 10.8 Å². The molecule has 0 amide bonds. The lowest BCUT2D eigenvalue weighted by molar-refractivity contribution is 0.296. The molecule has 0 aliphatic heterocycles. The molecule has 0 aromatic heterocycles. The summed E-state index contributed by atoms with van der Waals surface area (Å²) in [6.45, 7) is 4.48. The van der Waals surface area contributed by atoms with Gasteiger partial charge in [0.25, 0.3) is 0 Å². The van der Waals surface area contributed by atoms with Gasteiger partial charge in [-0.25, -0.2) is 0 Å². The van der Waals surface area contributed by atoms with Crippen molar-refractivity contribution < 1.29 is 5.11 Å². The van der Waals surface area contributed by atoms with Crippen molar-refractivity contribution in [2.24, 2.45) is 5.73 Å². The summed E-state index contributed by atoms with van der Waals surface area (Å²) in [5, 5.41) is 9.18. The molecule has 0 saturated carbocycles. The highest BCUT2D eigenvalue weighted by molar-refractivity contribution is 7.99. The summed E-state index contributed by atoms with van der Waals surface area (Å²) in [6, 6.07) is 8.79. The highest BCUT2D eigenvalue weighted by atomic mass is 32.2. The number of rotatable bonds is 7. The van der Waals surface area contributed by atoms with Gasteiger partial charge in [0.1, 0.15) is 0 Å². The first-order chi connectivity index (χ1) is 8.19. The van der Waals surface area contributed by atoms with E-state index >= 15 is 0 Å². The lowest BCUT2D eigenvalue weighted by Gasteiger charge is -2.23. The van der Waals surface area contributed by atoms with Crippen molar-refractivity contribution in [2.45, 2.75) is 38.0 Å². The van der Waals surface area contributed by atoms with Crippen molar-refractivity contribution >= 4 is 11.8 Å². The van der Waals surface area contributed by atoms with E-state index in [0.29, 0.717) is 5.25 Å². The average molecular weight is 253 g/mol. The quantitative estimate of drug-likeness (QED) is 0.735. The predicted octanol–water partition coefficient (Wildman–Crippen LogP) is 2.89. The van der Waals surface area contributed by atoms with Crippen molar-refractivity contribution in [3.8, 4) is 0 Å². The van der Waals surface area contributed by atoms with Crippen LogP contribution >= 0.6 is 11.8 Å². The molecule has 2 atom stereocenters. The number of nitrogens with two attached hydrogens (primary N) is 1. The first-order valence-corrected chi connectivity index (χ1v) is 7.28. The Labute approximate surface area is 109 Å². The van der Waals surface area contributed by atoms with Crippen LogP contribution in [-0.4, -0.2) is 23.5 Å². The molecule has 0 heterocycles. The van der Waals surface area contributed by atoms with Gasteiger partial charge in [-0.3, -0.25) is 0 Å². The second-order valence-electron chi connectivity index (χ2n) is 4.35. The molecule has 2 nitrogen and oxygen atoms in total. The van der Waals surface area contributed by atoms with Crippen LogP contribution < -0.4 is 5.73 Å². The summed E-state index contributed by atoms with van der Waals surface area (Å²) in [7, 11) is 0. The Bertz CT molecular complexity index is 313. The van der Waals surface area contributed by atoms with Crippen molar-refractivity contribution in [3.63, 3.8) is 0 Å². The zero-order valence-electron chi connectivity index (χ0n) is 10.7. The summed E-state index contributed by atoms with van der Waals surface area (Å²) in [6.07, 6.45) is 1.81. The maximum atomic E-state index is 8.84. The lowest BCUT2D eigenvalue weighted by atomic mass is 10.0. The maximum Gasteiger partial charge on any atom is 0.0448 e. The Hall–Kier alpha value is -0.510. The molecule has 1 aromatic carbocycles.